The molecule has 0 bridgehead atoms. The molecular formula is C13H17NO4. The molecule has 0 aromatic heterocycles. The van der Waals surface area contributed by atoms with Gasteiger partial charge in [-0.15, -0.1) is 0 Å². The van der Waals surface area contributed by atoms with Crippen molar-refractivity contribution in [3.05, 3.63) is 29.8 Å². The van der Waals surface area contributed by atoms with Crippen LogP contribution in [0, 0.1) is 0 Å². The number of likely N-dealkylation sites (N-methyl/N-ethyl adjacent to an activating group) is 1. The SMILES string of the molecule is CNC(C(=O)O)C1(c2ccccc2OC)COC1. The topological polar surface area (TPSA) is 67.8 Å². The minimum atomic E-state index is -0.883. The molecule has 1 atom stereocenters. The molecule has 0 saturated carbocycles. The van der Waals surface area contributed by atoms with Gasteiger partial charge in [0.15, 0.2) is 0 Å². The lowest BCUT2D eigenvalue weighted by atomic mass is 9.72. The minimum absolute atomic E-state index is 0.380. The van der Waals surface area contributed by atoms with E-state index >= 15 is 0 Å². The molecular weight excluding hydrogens is 234 g/mol. The number of carboxylic acid groups (broad SMARTS) is 1. The molecule has 1 aliphatic heterocycles. The fourth-order valence-electron chi connectivity index (χ4n) is 2.49. The molecule has 2 N–H and O–H groups in total. The molecule has 1 saturated heterocycles. The van der Waals surface area contributed by atoms with Gasteiger partial charge in [0.25, 0.3) is 0 Å². The third kappa shape index (κ3) is 1.85. The Balaban J connectivity index is 2.46. The largest absolute Gasteiger partial charge is 0.496 e. The van der Waals surface area contributed by atoms with Crippen molar-refractivity contribution in [2.75, 3.05) is 27.4 Å². The van der Waals surface area contributed by atoms with E-state index in [2.05, 4.69) is 5.32 Å². The van der Waals surface area contributed by atoms with Gasteiger partial charge in [-0.1, -0.05) is 18.2 Å². The third-order valence-corrected chi connectivity index (χ3v) is 3.45. The normalized spacial score (nSPS) is 18.8. The molecule has 18 heavy (non-hydrogen) atoms. The van der Waals surface area contributed by atoms with Gasteiger partial charge in [0.1, 0.15) is 11.8 Å². The summed E-state index contributed by atoms with van der Waals surface area (Å²) in [6, 6.07) is 6.79. The zero-order valence-corrected chi connectivity index (χ0v) is 10.5. The van der Waals surface area contributed by atoms with Gasteiger partial charge in [-0.05, 0) is 13.1 Å². The van der Waals surface area contributed by atoms with Crippen molar-refractivity contribution >= 4 is 5.97 Å². The number of carbonyl (C=O) groups is 1. The highest BCUT2D eigenvalue weighted by Gasteiger charge is 2.51. The number of benzene rings is 1. The van der Waals surface area contributed by atoms with Gasteiger partial charge in [-0.2, -0.15) is 0 Å². The Hall–Kier alpha value is -1.59. The van der Waals surface area contributed by atoms with Crippen LogP contribution >= 0.6 is 0 Å². The predicted octanol–water partition coefficient (Wildman–Crippen LogP) is 0.636. The van der Waals surface area contributed by atoms with Crippen molar-refractivity contribution in [3.8, 4) is 5.75 Å². The second kappa shape index (κ2) is 4.96. The van der Waals surface area contributed by atoms with Gasteiger partial charge in [0, 0.05) is 5.56 Å². The summed E-state index contributed by atoms with van der Waals surface area (Å²) in [4.78, 5) is 11.4. The van der Waals surface area contributed by atoms with E-state index in [0.29, 0.717) is 19.0 Å². The molecule has 0 spiro atoms. The lowest BCUT2D eigenvalue weighted by Crippen LogP contribution is -2.62. The first-order chi connectivity index (χ1) is 8.65. The van der Waals surface area contributed by atoms with Gasteiger partial charge in [-0.25, -0.2) is 0 Å². The third-order valence-electron chi connectivity index (χ3n) is 3.45. The predicted molar refractivity (Wildman–Crippen MR) is 66.0 cm³/mol. The molecule has 5 heteroatoms. The van der Waals surface area contributed by atoms with Gasteiger partial charge < -0.3 is 19.9 Å². The van der Waals surface area contributed by atoms with Crippen LogP contribution in [0.4, 0.5) is 0 Å². The summed E-state index contributed by atoms with van der Waals surface area (Å²) in [6.07, 6.45) is 0. The maximum absolute atomic E-state index is 11.4. The van der Waals surface area contributed by atoms with Crippen LogP contribution in [0.3, 0.4) is 0 Å². The monoisotopic (exact) mass is 251 g/mol. The van der Waals surface area contributed by atoms with Crippen LogP contribution in [-0.2, 0) is 14.9 Å². The molecule has 0 radical (unpaired) electrons. The van der Waals surface area contributed by atoms with E-state index in [1.807, 2.05) is 24.3 Å². The number of rotatable bonds is 5. The molecule has 1 aromatic rings. The van der Waals surface area contributed by atoms with Crippen molar-refractivity contribution in [3.63, 3.8) is 0 Å². The van der Waals surface area contributed by atoms with E-state index < -0.39 is 17.4 Å². The van der Waals surface area contributed by atoms with Crippen LogP contribution in [0.25, 0.3) is 0 Å². The molecule has 1 heterocycles. The fourth-order valence-corrected chi connectivity index (χ4v) is 2.49. The standard InChI is InChI=1S/C13H17NO4/c1-14-11(12(15)16)13(7-18-8-13)9-5-3-4-6-10(9)17-2/h3-6,11,14H,7-8H2,1-2H3,(H,15,16). The van der Waals surface area contributed by atoms with Crippen LogP contribution in [0.2, 0.25) is 0 Å². The van der Waals surface area contributed by atoms with E-state index in [0.717, 1.165) is 5.56 Å². The first kappa shape index (κ1) is 12.9. The average molecular weight is 251 g/mol. The molecule has 2 rings (SSSR count). The summed E-state index contributed by atoms with van der Waals surface area (Å²) in [6.45, 7) is 0.760. The Bertz CT molecular complexity index is 442. The lowest BCUT2D eigenvalue weighted by Gasteiger charge is -2.46. The Morgan fingerprint density at radius 1 is 1.50 bits per heavy atom. The summed E-state index contributed by atoms with van der Waals surface area (Å²) < 4.78 is 10.6. The number of nitrogens with one attached hydrogen (secondary N) is 1. The zero-order valence-electron chi connectivity index (χ0n) is 10.5. The van der Waals surface area contributed by atoms with E-state index in [9.17, 15) is 9.90 Å². The van der Waals surface area contributed by atoms with Crippen LogP contribution in [0.5, 0.6) is 5.75 Å². The Morgan fingerprint density at radius 2 is 2.17 bits per heavy atom. The van der Waals surface area contributed by atoms with Crippen molar-refractivity contribution in [2.45, 2.75) is 11.5 Å². The number of hydrogen-bond acceptors (Lipinski definition) is 4. The summed E-state index contributed by atoms with van der Waals surface area (Å²) >= 11 is 0. The second-order valence-electron chi connectivity index (χ2n) is 4.41. The van der Waals surface area contributed by atoms with Crippen molar-refractivity contribution < 1.29 is 19.4 Å². The molecule has 1 unspecified atom stereocenters. The molecule has 5 nitrogen and oxygen atoms in total. The van der Waals surface area contributed by atoms with E-state index in [1.54, 1.807) is 14.2 Å². The Labute approximate surface area is 106 Å². The number of methoxy groups -OCH3 is 1. The van der Waals surface area contributed by atoms with Crippen LogP contribution in [-0.4, -0.2) is 44.5 Å². The quantitative estimate of drug-likeness (QED) is 0.803. The Morgan fingerprint density at radius 3 is 2.61 bits per heavy atom. The Kier molecular flexibility index (Phi) is 3.54. The molecule has 98 valence electrons. The van der Waals surface area contributed by atoms with Gasteiger partial charge >= 0.3 is 5.97 Å². The van der Waals surface area contributed by atoms with Crippen LogP contribution < -0.4 is 10.1 Å². The zero-order chi connectivity index (χ0) is 13.2. The van der Waals surface area contributed by atoms with E-state index in [4.69, 9.17) is 9.47 Å². The summed E-state index contributed by atoms with van der Waals surface area (Å²) in [7, 11) is 3.23. The van der Waals surface area contributed by atoms with Gasteiger partial charge in [0.05, 0.1) is 25.7 Å². The summed E-state index contributed by atoms with van der Waals surface area (Å²) in [5.41, 5.74) is 0.313. The highest BCUT2D eigenvalue weighted by atomic mass is 16.5. The van der Waals surface area contributed by atoms with Gasteiger partial charge in [-0.3, -0.25) is 4.79 Å². The number of aliphatic carboxylic acids is 1. The van der Waals surface area contributed by atoms with Gasteiger partial charge in [0.2, 0.25) is 0 Å². The number of carboxylic acids is 1. The fraction of sp³-hybridized carbons (Fsp3) is 0.462. The first-order valence-electron chi connectivity index (χ1n) is 5.77. The van der Waals surface area contributed by atoms with Crippen molar-refractivity contribution in [2.24, 2.45) is 0 Å². The molecule has 0 amide bonds. The van der Waals surface area contributed by atoms with Crippen molar-refractivity contribution in [1.29, 1.82) is 0 Å². The average Bonchev–Trinajstić information content (AvgIpc) is 2.33. The van der Waals surface area contributed by atoms with Crippen LogP contribution in [0.15, 0.2) is 24.3 Å². The van der Waals surface area contributed by atoms with E-state index in [-0.39, 0.29) is 0 Å². The molecule has 1 fully saturated rings. The van der Waals surface area contributed by atoms with Crippen molar-refractivity contribution in [1.82, 2.24) is 5.32 Å². The minimum Gasteiger partial charge on any atom is -0.496 e. The highest BCUT2D eigenvalue weighted by molar-refractivity contribution is 5.77. The summed E-state index contributed by atoms with van der Waals surface area (Å²) in [5.74, 6) is -0.186. The first-order valence-corrected chi connectivity index (χ1v) is 5.77. The highest BCUT2D eigenvalue weighted by Crippen LogP contribution is 2.40. The number of hydrogen-bond donors (Lipinski definition) is 2. The summed E-state index contributed by atoms with van der Waals surface area (Å²) in [5, 5.41) is 12.2. The maximum atomic E-state index is 11.4. The molecule has 1 aliphatic rings. The van der Waals surface area contributed by atoms with Crippen LogP contribution in [0.1, 0.15) is 5.56 Å². The number of ether oxygens (including phenoxy) is 2. The lowest BCUT2D eigenvalue weighted by molar-refractivity contribution is -0.150. The number of para-hydroxylation sites is 1. The molecule has 1 aromatic carbocycles. The smallest absolute Gasteiger partial charge is 0.321 e. The van der Waals surface area contributed by atoms with E-state index in [1.165, 1.54) is 0 Å². The second-order valence-corrected chi connectivity index (χ2v) is 4.41. The maximum Gasteiger partial charge on any atom is 0.321 e. The molecule has 0 aliphatic carbocycles.